The third-order valence-corrected chi connectivity index (χ3v) is 2.71. The minimum absolute atomic E-state index is 0.0185. The second-order valence-corrected chi connectivity index (χ2v) is 4.29. The van der Waals surface area contributed by atoms with Crippen LogP contribution in [0.5, 0.6) is 11.6 Å². The largest absolute Gasteiger partial charge is 0.430 e. The number of halogens is 1. The monoisotopic (exact) mass is 325 g/mol. The van der Waals surface area contributed by atoms with Crippen molar-refractivity contribution in [3.05, 3.63) is 38.9 Å². The lowest BCUT2D eigenvalue weighted by Gasteiger charge is -2.08. The van der Waals surface area contributed by atoms with E-state index in [1.165, 1.54) is 18.2 Å². The lowest BCUT2D eigenvalue weighted by Crippen LogP contribution is -2.02. The van der Waals surface area contributed by atoms with Gasteiger partial charge in [0.25, 0.3) is 0 Å². The first kappa shape index (κ1) is 13.0. The van der Waals surface area contributed by atoms with Crippen LogP contribution in [-0.2, 0) is 0 Å². The third-order valence-electron chi connectivity index (χ3n) is 2.09. The smallest absolute Gasteiger partial charge is 0.312 e. The van der Waals surface area contributed by atoms with Gasteiger partial charge in [-0.2, -0.15) is 9.97 Å². The summed E-state index contributed by atoms with van der Waals surface area (Å²) < 4.78 is 5.78. The molecular formula is C10H8BrN5O3. The van der Waals surface area contributed by atoms with Crippen LogP contribution in [0.2, 0.25) is 0 Å². The predicted molar refractivity (Wildman–Crippen MR) is 71.7 cm³/mol. The van der Waals surface area contributed by atoms with Gasteiger partial charge in [0.15, 0.2) is 0 Å². The Hall–Kier alpha value is -2.42. The van der Waals surface area contributed by atoms with Crippen LogP contribution < -0.4 is 16.2 Å². The summed E-state index contributed by atoms with van der Waals surface area (Å²) in [4.78, 5) is 17.8. The molecule has 98 valence electrons. The zero-order chi connectivity index (χ0) is 14.0. The highest BCUT2D eigenvalue weighted by Crippen LogP contribution is 2.37. The molecule has 9 heteroatoms. The van der Waals surface area contributed by atoms with Crippen LogP contribution in [0.15, 0.2) is 28.7 Å². The Morgan fingerprint density at radius 2 is 2.05 bits per heavy atom. The summed E-state index contributed by atoms with van der Waals surface area (Å²) in [6.45, 7) is 0. The van der Waals surface area contributed by atoms with Gasteiger partial charge in [-0.05, 0) is 22.0 Å². The van der Waals surface area contributed by atoms with Crippen molar-refractivity contribution < 1.29 is 9.66 Å². The first-order chi connectivity index (χ1) is 8.97. The quantitative estimate of drug-likeness (QED) is 0.652. The molecule has 0 saturated heterocycles. The van der Waals surface area contributed by atoms with Crippen molar-refractivity contribution >= 4 is 33.4 Å². The molecule has 1 aromatic heterocycles. The lowest BCUT2D eigenvalue weighted by molar-refractivity contribution is -0.385. The summed E-state index contributed by atoms with van der Waals surface area (Å²) in [6.07, 6.45) is 0. The topological polar surface area (TPSA) is 130 Å². The summed E-state index contributed by atoms with van der Waals surface area (Å²) in [5.74, 6) is 0.0758. The van der Waals surface area contributed by atoms with Gasteiger partial charge >= 0.3 is 5.69 Å². The molecule has 0 aliphatic rings. The van der Waals surface area contributed by atoms with Crippen LogP contribution in [0.1, 0.15) is 0 Å². The lowest BCUT2D eigenvalue weighted by atomic mass is 10.3. The van der Waals surface area contributed by atoms with Crippen molar-refractivity contribution in [2.75, 3.05) is 11.5 Å². The number of benzene rings is 1. The number of rotatable bonds is 3. The minimum atomic E-state index is -0.562. The van der Waals surface area contributed by atoms with E-state index in [1.54, 1.807) is 6.07 Å². The number of hydrogen-bond donors (Lipinski definition) is 2. The highest BCUT2D eigenvalue weighted by Gasteiger charge is 2.19. The second-order valence-electron chi connectivity index (χ2n) is 3.44. The van der Waals surface area contributed by atoms with Crippen LogP contribution in [0.25, 0.3) is 0 Å². The van der Waals surface area contributed by atoms with Crippen LogP contribution in [0.4, 0.5) is 17.5 Å². The first-order valence-corrected chi connectivity index (χ1v) is 5.77. The number of ether oxygens (including phenoxy) is 1. The molecule has 1 heterocycles. The standard InChI is InChI=1S/C10H8BrN5O3/c11-5-2-1-3-6(16(17)18)9(5)19-8-4-7(12)14-10(13)15-8/h1-4H,(H4,12,13,14,15). The average Bonchev–Trinajstić information content (AvgIpc) is 2.30. The summed E-state index contributed by atoms with van der Waals surface area (Å²) in [6, 6.07) is 5.77. The molecule has 0 saturated carbocycles. The number of nitrogen functional groups attached to an aromatic ring is 2. The molecule has 19 heavy (non-hydrogen) atoms. The van der Waals surface area contributed by atoms with Crippen molar-refractivity contribution in [2.45, 2.75) is 0 Å². The molecule has 0 aliphatic heterocycles. The van der Waals surface area contributed by atoms with Gasteiger partial charge in [0.05, 0.1) is 9.40 Å². The Bertz CT molecular complexity index is 629. The average molecular weight is 326 g/mol. The number of anilines is 2. The molecule has 4 N–H and O–H groups in total. The summed E-state index contributed by atoms with van der Waals surface area (Å²) >= 11 is 3.17. The molecule has 0 fully saturated rings. The molecule has 0 amide bonds. The third kappa shape index (κ3) is 2.88. The predicted octanol–water partition coefficient (Wildman–Crippen LogP) is 2.10. The fourth-order valence-electron chi connectivity index (χ4n) is 1.36. The number of nitro groups is 1. The van der Waals surface area contributed by atoms with Gasteiger partial charge in [-0.1, -0.05) is 6.07 Å². The number of nitrogens with two attached hydrogens (primary N) is 2. The van der Waals surface area contributed by atoms with E-state index in [2.05, 4.69) is 25.9 Å². The van der Waals surface area contributed by atoms with Crippen molar-refractivity contribution in [1.29, 1.82) is 0 Å². The normalized spacial score (nSPS) is 10.2. The van der Waals surface area contributed by atoms with E-state index in [0.717, 1.165) is 0 Å². The summed E-state index contributed by atoms with van der Waals surface area (Å²) in [5.41, 5.74) is 10.7. The number of nitrogens with zero attached hydrogens (tertiary/aromatic N) is 3. The Morgan fingerprint density at radius 3 is 2.68 bits per heavy atom. The van der Waals surface area contributed by atoms with Crippen molar-refractivity contribution in [3.63, 3.8) is 0 Å². The highest BCUT2D eigenvalue weighted by molar-refractivity contribution is 9.10. The van der Waals surface area contributed by atoms with E-state index in [4.69, 9.17) is 16.2 Å². The van der Waals surface area contributed by atoms with E-state index in [0.29, 0.717) is 4.47 Å². The Balaban J connectivity index is 2.45. The van der Waals surface area contributed by atoms with E-state index in [9.17, 15) is 10.1 Å². The maximum atomic E-state index is 10.9. The maximum Gasteiger partial charge on any atom is 0.312 e. The maximum absolute atomic E-state index is 10.9. The van der Waals surface area contributed by atoms with Gasteiger partial charge in [0, 0.05) is 12.1 Å². The van der Waals surface area contributed by atoms with E-state index < -0.39 is 4.92 Å². The zero-order valence-corrected chi connectivity index (χ0v) is 11.0. The molecule has 0 spiro atoms. The van der Waals surface area contributed by atoms with Gasteiger partial charge < -0.3 is 16.2 Å². The second kappa shape index (κ2) is 5.06. The summed E-state index contributed by atoms with van der Waals surface area (Å²) in [7, 11) is 0. The molecule has 0 atom stereocenters. The van der Waals surface area contributed by atoms with Gasteiger partial charge in [-0.25, -0.2) is 0 Å². The SMILES string of the molecule is Nc1cc(Oc2c(Br)cccc2[N+](=O)[O-])nc(N)n1. The van der Waals surface area contributed by atoms with Crippen molar-refractivity contribution in [1.82, 2.24) is 9.97 Å². The first-order valence-electron chi connectivity index (χ1n) is 4.98. The van der Waals surface area contributed by atoms with Gasteiger partial charge in [-0.15, -0.1) is 0 Å². The van der Waals surface area contributed by atoms with Crippen molar-refractivity contribution in [3.8, 4) is 11.6 Å². The Labute approximate surface area is 115 Å². The molecule has 1 aromatic carbocycles. The van der Waals surface area contributed by atoms with Gasteiger partial charge in [0.1, 0.15) is 5.82 Å². The Kier molecular flexibility index (Phi) is 3.47. The van der Waals surface area contributed by atoms with Gasteiger partial charge in [-0.3, -0.25) is 10.1 Å². The minimum Gasteiger partial charge on any atom is -0.430 e. The van der Waals surface area contributed by atoms with Crippen LogP contribution in [0.3, 0.4) is 0 Å². The number of nitro benzene ring substituents is 1. The Morgan fingerprint density at radius 1 is 1.32 bits per heavy atom. The van der Waals surface area contributed by atoms with E-state index in [1.807, 2.05) is 0 Å². The molecule has 0 aliphatic carbocycles. The zero-order valence-electron chi connectivity index (χ0n) is 9.41. The number of aromatic nitrogens is 2. The number of hydrogen-bond acceptors (Lipinski definition) is 7. The molecule has 0 bridgehead atoms. The van der Waals surface area contributed by atoms with E-state index in [-0.39, 0.29) is 29.1 Å². The molecule has 2 aromatic rings. The fourth-order valence-corrected chi connectivity index (χ4v) is 1.80. The fraction of sp³-hybridized carbons (Fsp3) is 0. The molecule has 8 nitrogen and oxygen atoms in total. The van der Waals surface area contributed by atoms with E-state index >= 15 is 0 Å². The summed E-state index contributed by atoms with van der Waals surface area (Å²) in [5, 5.41) is 10.9. The molecule has 0 radical (unpaired) electrons. The van der Waals surface area contributed by atoms with Crippen LogP contribution >= 0.6 is 15.9 Å². The van der Waals surface area contributed by atoms with Gasteiger partial charge in [0.2, 0.25) is 17.6 Å². The van der Waals surface area contributed by atoms with Crippen molar-refractivity contribution in [2.24, 2.45) is 0 Å². The molecular weight excluding hydrogens is 318 g/mol. The van der Waals surface area contributed by atoms with Crippen LogP contribution in [0, 0.1) is 10.1 Å². The highest BCUT2D eigenvalue weighted by atomic mass is 79.9. The number of para-hydroxylation sites is 1. The molecule has 2 rings (SSSR count). The molecule has 0 unspecified atom stereocenters. The van der Waals surface area contributed by atoms with Crippen LogP contribution in [-0.4, -0.2) is 14.9 Å².